The lowest BCUT2D eigenvalue weighted by Gasteiger charge is -2.37. The number of fused-ring (bicyclic) bond motifs is 1. The van der Waals surface area contributed by atoms with Crippen LogP contribution in [-0.2, 0) is 11.3 Å². The Morgan fingerprint density at radius 3 is 2.68 bits per heavy atom. The fraction of sp³-hybridized carbons (Fsp3) is 0.545. The number of anilines is 1. The molecule has 2 aliphatic rings. The first kappa shape index (κ1) is 21.6. The smallest absolute Gasteiger partial charge is 0.234 e. The van der Waals surface area contributed by atoms with Crippen LogP contribution in [0, 0.1) is 0 Å². The molecule has 2 atom stereocenters. The van der Waals surface area contributed by atoms with Crippen molar-refractivity contribution >= 4 is 29.3 Å². The number of carbonyl (C=O) groups excluding carboxylic acids is 1. The Morgan fingerprint density at radius 1 is 1.19 bits per heavy atom. The van der Waals surface area contributed by atoms with Crippen molar-refractivity contribution in [2.75, 3.05) is 57.8 Å². The van der Waals surface area contributed by atoms with Crippen LogP contribution in [0.25, 0.3) is 11.0 Å². The van der Waals surface area contributed by atoms with Crippen LogP contribution in [-0.4, -0.2) is 97.5 Å². The lowest BCUT2D eigenvalue weighted by atomic mass is 10.0. The maximum atomic E-state index is 14.7. The molecule has 1 N–H and O–H groups in total. The van der Waals surface area contributed by atoms with Gasteiger partial charge >= 0.3 is 0 Å². The summed E-state index contributed by atoms with van der Waals surface area (Å²) in [4.78, 5) is 31.9. The van der Waals surface area contributed by atoms with Crippen LogP contribution in [0.3, 0.4) is 0 Å². The number of likely N-dealkylation sites (N-methyl/N-ethyl adjacent to an activating group) is 1. The first-order chi connectivity index (χ1) is 15.0. The van der Waals surface area contributed by atoms with Crippen molar-refractivity contribution in [3.63, 3.8) is 0 Å². The van der Waals surface area contributed by atoms with Crippen molar-refractivity contribution in [3.8, 4) is 0 Å². The van der Waals surface area contributed by atoms with Gasteiger partial charge in [0.2, 0.25) is 5.91 Å². The Kier molecular flexibility index (Phi) is 6.72. The van der Waals surface area contributed by atoms with Gasteiger partial charge in [-0.25, -0.2) is 4.39 Å². The number of aliphatic imine (C=N–C) groups is 1. The van der Waals surface area contributed by atoms with Gasteiger partial charge in [0, 0.05) is 69.7 Å². The van der Waals surface area contributed by atoms with Gasteiger partial charge in [0.25, 0.3) is 0 Å². The first-order valence-electron chi connectivity index (χ1n) is 10.8. The van der Waals surface area contributed by atoms with Gasteiger partial charge in [-0.1, -0.05) is 6.07 Å². The Labute approximate surface area is 182 Å². The van der Waals surface area contributed by atoms with E-state index >= 15 is 0 Å². The normalized spacial score (nSPS) is 23.1. The summed E-state index contributed by atoms with van der Waals surface area (Å²) in [5, 5.41) is 3.05. The molecule has 31 heavy (non-hydrogen) atoms. The molecule has 0 spiro atoms. The minimum atomic E-state index is -1.02. The Hall–Kier alpha value is -2.65. The van der Waals surface area contributed by atoms with E-state index in [1.807, 2.05) is 17.0 Å². The number of rotatable bonds is 6. The molecule has 2 aliphatic heterocycles. The number of piperazine rings is 1. The number of benzene rings is 1. The van der Waals surface area contributed by atoms with E-state index in [1.54, 1.807) is 12.4 Å². The lowest BCUT2D eigenvalue weighted by molar-refractivity contribution is -0.123. The Balaban J connectivity index is 1.46. The van der Waals surface area contributed by atoms with E-state index in [0.29, 0.717) is 26.1 Å². The van der Waals surface area contributed by atoms with E-state index < -0.39 is 6.17 Å². The van der Waals surface area contributed by atoms with Crippen LogP contribution in [0.15, 0.2) is 29.5 Å². The van der Waals surface area contributed by atoms with Gasteiger partial charge < -0.3 is 15.1 Å². The molecule has 8 nitrogen and oxygen atoms in total. The zero-order valence-corrected chi connectivity index (χ0v) is 18.0. The number of hydrogen-bond acceptors (Lipinski definition) is 7. The van der Waals surface area contributed by atoms with Gasteiger partial charge in [0.15, 0.2) is 0 Å². The minimum Gasteiger partial charge on any atom is -0.365 e. The number of hydrogen-bond donors (Lipinski definition) is 1. The third-order valence-electron chi connectivity index (χ3n) is 6.04. The quantitative estimate of drug-likeness (QED) is 0.696. The average Bonchev–Trinajstić information content (AvgIpc) is 2.75. The zero-order chi connectivity index (χ0) is 21.8. The van der Waals surface area contributed by atoms with E-state index in [4.69, 9.17) is 0 Å². The van der Waals surface area contributed by atoms with E-state index in [0.717, 1.165) is 48.5 Å². The molecule has 0 saturated carbocycles. The van der Waals surface area contributed by atoms with Gasteiger partial charge in [-0.15, -0.1) is 0 Å². The highest BCUT2D eigenvalue weighted by molar-refractivity contribution is 5.90. The molecule has 9 heteroatoms. The van der Waals surface area contributed by atoms with Crippen LogP contribution in [0.1, 0.15) is 12.0 Å². The fourth-order valence-corrected chi connectivity index (χ4v) is 4.42. The van der Waals surface area contributed by atoms with Crippen LogP contribution in [0.4, 0.5) is 10.1 Å². The third kappa shape index (κ3) is 5.16. The summed E-state index contributed by atoms with van der Waals surface area (Å²) in [6, 6.07) is 3.65. The fourth-order valence-electron chi connectivity index (χ4n) is 4.42. The average molecular weight is 428 g/mol. The van der Waals surface area contributed by atoms with Crippen molar-refractivity contribution in [2.45, 2.75) is 25.2 Å². The predicted octanol–water partition coefficient (Wildman–Crippen LogP) is 1.11. The van der Waals surface area contributed by atoms with Crippen LogP contribution < -0.4 is 10.2 Å². The summed E-state index contributed by atoms with van der Waals surface area (Å²) in [5.74, 6) is -0.0411. The monoisotopic (exact) mass is 427 g/mol. The summed E-state index contributed by atoms with van der Waals surface area (Å²) in [7, 11) is 2.09. The number of nitrogens with one attached hydrogen (secondary N) is 1. The summed E-state index contributed by atoms with van der Waals surface area (Å²) >= 11 is 0. The SMILES string of the molecule is C=NCc1ccc(N2C[C@@H](F)C[C@@H](NC(=O)CN3CCN(C)CC3)C2)c2nccnc12. The van der Waals surface area contributed by atoms with Gasteiger partial charge in [-0.2, -0.15) is 0 Å². The molecule has 2 aromatic rings. The number of halogens is 1. The summed E-state index contributed by atoms with van der Waals surface area (Å²) in [5.41, 5.74) is 3.24. The molecule has 1 amide bonds. The highest BCUT2D eigenvalue weighted by Crippen LogP contribution is 2.29. The van der Waals surface area contributed by atoms with E-state index in [1.165, 1.54) is 0 Å². The molecule has 3 heterocycles. The molecule has 4 rings (SSSR count). The maximum absolute atomic E-state index is 14.7. The second kappa shape index (κ2) is 9.65. The van der Waals surface area contributed by atoms with E-state index in [-0.39, 0.29) is 18.5 Å². The molecule has 2 fully saturated rings. The maximum Gasteiger partial charge on any atom is 0.234 e. The van der Waals surface area contributed by atoms with Gasteiger partial charge in [0.1, 0.15) is 11.7 Å². The molecule has 0 unspecified atom stereocenters. The van der Waals surface area contributed by atoms with Gasteiger partial charge in [0.05, 0.1) is 24.3 Å². The van der Waals surface area contributed by atoms with Crippen molar-refractivity contribution < 1.29 is 9.18 Å². The van der Waals surface area contributed by atoms with Crippen molar-refractivity contribution in [2.24, 2.45) is 4.99 Å². The lowest BCUT2D eigenvalue weighted by Crippen LogP contribution is -2.54. The van der Waals surface area contributed by atoms with Crippen molar-refractivity contribution in [1.82, 2.24) is 25.1 Å². The zero-order valence-electron chi connectivity index (χ0n) is 18.0. The predicted molar refractivity (Wildman–Crippen MR) is 120 cm³/mol. The molecule has 2 saturated heterocycles. The summed E-state index contributed by atoms with van der Waals surface area (Å²) in [6.45, 7) is 8.87. The second-order valence-corrected chi connectivity index (χ2v) is 8.46. The number of aromatic nitrogens is 2. The molecule has 0 bridgehead atoms. The van der Waals surface area contributed by atoms with Crippen molar-refractivity contribution in [1.29, 1.82) is 0 Å². The highest BCUT2D eigenvalue weighted by atomic mass is 19.1. The first-order valence-corrected chi connectivity index (χ1v) is 10.8. The van der Waals surface area contributed by atoms with Crippen LogP contribution >= 0.6 is 0 Å². The standard InChI is InChI=1S/C22H30FN7O/c1-24-12-16-3-4-19(22-21(16)25-5-6-26-22)30-13-17(23)11-18(14-30)27-20(31)15-29-9-7-28(2)8-10-29/h3-6,17-18H,1,7-15H2,2H3,(H,27,31)/t17-,18+/m0/s1. The molecule has 166 valence electrons. The molecule has 0 aliphatic carbocycles. The van der Waals surface area contributed by atoms with Gasteiger partial charge in [-0.3, -0.25) is 24.7 Å². The Morgan fingerprint density at radius 2 is 1.94 bits per heavy atom. The van der Waals surface area contributed by atoms with E-state index in [9.17, 15) is 9.18 Å². The van der Waals surface area contributed by atoms with E-state index in [2.05, 4.69) is 43.8 Å². The molecule has 0 radical (unpaired) electrons. The highest BCUT2D eigenvalue weighted by Gasteiger charge is 2.30. The second-order valence-electron chi connectivity index (χ2n) is 8.46. The minimum absolute atomic E-state index is 0.0411. The number of amides is 1. The Bertz CT molecular complexity index is 931. The number of piperidine rings is 1. The molecule has 1 aromatic heterocycles. The molecular weight excluding hydrogens is 397 g/mol. The summed E-state index contributed by atoms with van der Waals surface area (Å²) in [6.07, 6.45) is 2.59. The number of alkyl halides is 1. The summed E-state index contributed by atoms with van der Waals surface area (Å²) < 4.78 is 14.7. The van der Waals surface area contributed by atoms with Gasteiger partial charge in [-0.05, 0) is 19.8 Å². The van der Waals surface area contributed by atoms with Crippen molar-refractivity contribution in [3.05, 3.63) is 30.1 Å². The topological polar surface area (TPSA) is 77.0 Å². The van der Waals surface area contributed by atoms with Crippen LogP contribution in [0.2, 0.25) is 0 Å². The molecular formula is C22H30FN7O. The largest absolute Gasteiger partial charge is 0.365 e. The molecule has 1 aromatic carbocycles. The number of carbonyl (C=O) groups is 1. The third-order valence-corrected chi connectivity index (χ3v) is 6.04. The van der Waals surface area contributed by atoms with Crippen LogP contribution in [0.5, 0.6) is 0 Å². The number of nitrogens with zero attached hydrogens (tertiary/aromatic N) is 6.